The summed E-state index contributed by atoms with van der Waals surface area (Å²) in [5.41, 5.74) is 3.53. The van der Waals surface area contributed by atoms with Crippen LogP contribution in [0.3, 0.4) is 0 Å². The van der Waals surface area contributed by atoms with Gasteiger partial charge in [0, 0.05) is 25.6 Å². The molecule has 0 saturated carbocycles. The topological polar surface area (TPSA) is 32.3 Å². The third kappa shape index (κ3) is 4.67. The van der Waals surface area contributed by atoms with Gasteiger partial charge in [0.15, 0.2) is 0 Å². The second kappa shape index (κ2) is 8.26. The Morgan fingerprint density at radius 2 is 1.92 bits per heavy atom. The summed E-state index contributed by atoms with van der Waals surface area (Å²) < 4.78 is 12.9. The summed E-state index contributed by atoms with van der Waals surface area (Å²) in [6, 6.07) is 15.1. The van der Waals surface area contributed by atoms with Crippen molar-refractivity contribution in [3.8, 4) is 0 Å². The highest BCUT2D eigenvalue weighted by Crippen LogP contribution is 2.24. The Balaban J connectivity index is 1.50. The second-order valence-electron chi connectivity index (χ2n) is 6.73. The van der Waals surface area contributed by atoms with Crippen LogP contribution in [0.4, 0.5) is 4.39 Å². The van der Waals surface area contributed by atoms with E-state index >= 15 is 0 Å². The van der Waals surface area contributed by atoms with Crippen molar-refractivity contribution in [2.75, 3.05) is 6.54 Å². The van der Waals surface area contributed by atoms with Crippen LogP contribution in [0, 0.1) is 12.7 Å². The van der Waals surface area contributed by atoms with Gasteiger partial charge >= 0.3 is 0 Å². The molecule has 0 aromatic heterocycles. The molecular weight excluding hydrogens is 315 g/mol. The van der Waals surface area contributed by atoms with E-state index in [9.17, 15) is 9.18 Å². The monoisotopic (exact) mass is 340 g/mol. The summed E-state index contributed by atoms with van der Waals surface area (Å²) in [4.78, 5) is 14.3. The Kier molecular flexibility index (Phi) is 5.82. The van der Waals surface area contributed by atoms with Crippen molar-refractivity contribution in [2.45, 2.75) is 45.3 Å². The number of likely N-dealkylation sites (tertiary alicyclic amines) is 1. The predicted molar refractivity (Wildman–Crippen MR) is 97.5 cm³/mol. The van der Waals surface area contributed by atoms with Crippen LogP contribution in [0.15, 0.2) is 48.5 Å². The van der Waals surface area contributed by atoms with E-state index in [1.165, 1.54) is 23.3 Å². The molecule has 1 aliphatic rings. The molecule has 1 heterocycles. The summed E-state index contributed by atoms with van der Waals surface area (Å²) in [6.45, 7) is 4.36. The summed E-state index contributed by atoms with van der Waals surface area (Å²) in [6.07, 6.45) is 2.52. The van der Waals surface area contributed by atoms with Crippen LogP contribution in [-0.4, -0.2) is 23.4 Å². The number of nitrogens with one attached hydrogen (secondary N) is 1. The molecular formula is C21H25FN2O. The van der Waals surface area contributed by atoms with Gasteiger partial charge < -0.3 is 10.2 Å². The Bertz CT molecular complexity index is 714. The Labute approximate surface area is 148 Å². The van der Waals surface area contributed by atoms with Crippen molar-refractivity contribution >= 4 is 5.91 Å². The van der Waals surface area contributed by atoms with Crippen molar-refractivity contribution in [1.82, 2.24) is 10.2 Å². The number of amides is 1. The fourth-order valence-corrected chi connectivity index (χ4v) is 3.39. The number of carbonyl (C=O) groups excluding carboxylic acids is 1. The van der Waals surface area contributed by atoms with Crippen molar-refractivity contribution in [3.05, 3.63) is 71.0 Å². The average Bonchev–Trinajstić information content (AvgIpc) is 2.95. The molecule has 0 bridgehead atoms. The van der Waals surface area contributed by atoms with E-state index < -0.39 is 0 Å². The highest BCUT2D eigenvalue weighted by atomic mass is 19.1. The summed E-state index contributed by atoms with van der Waals surface area (Å²) in [7, 11) is 0. The minimum atomic E-state index is -0.208. The molecule has 1 amide bonds. The number of nitrogens with zero attached hydrogens (tertiary/aromatic N) is 1. The number of halogens is 1. The van der Waals surface area contributed by atoms with Crippen LogP contribution in [0.25, 0.3) is 0 Å². The van der Waals surface area contributed by atoms with Crippen LogP contribution in [-0.2, 0) is 17.9 Å². The van der Waals surface area contributed by atoms with Gasteiger partial charge in [-0.15, -0.1) is 0 Å². The second-order valence-corrected chi connectivity index (χ2v) is 6.73. The molecule has 2 aromatic carbocycles. The number of benzene rings is 2. The molecule has 0 aliphatic carbocycles. The largest absolute Gasteiger partial charge is 0.335 e. The Morgan fingerprint density at radius 1 is 1.16 bits per heavy atom. The van der Waals surface area contributed by atoms with E-state index in [2.05, 4.69) is 24.4 Å². The molecule has 1 N–H and O–H groups in total. The molecule has 0 radical (unpaired) electrons. The first kappa shape index (κ1) is 17.6. The minimum absolute atomic E-state index is 0.208. The third-order valence-corrected chi connectivity index (χ3v) is 4.95. The zero-order chi connectivity index (χ0) is 17.6. The standard InChI is InChI=1S/C21H25FN2O/c1-16-4-2-3-5-18(16)15-24-20(10-11-21(24)25)12-13-23-14-17-6-8-19(22)9-7-17/h2-9,20,23H,10-15H2,1H3/t20-/m1/s1. The van der Waals surface area contributed by atoms with E-state index in [1.807, 2.05) is 17.0 Å². The number of rotatable bonds is 7. The molecule has 1 fully saturated rings. The van der Waals surface area contributed by atoms with Crippen molar-refractivity contribution < 1.29 is 9.18 Å². The molecule has 1 atom stereocenters. The lowest BCUT2D eigenvalue weighted by molar-refractivity contribution is -0.129. The van der Waals surface area contributed by atoms with Crippen LogP contribution in [0.5, 0.6) is 0 Å². The first-order valence-corrected chi connectivity index (χ1v) is 8.92. The molecule has 3 nitrogen and oxygen atoms in total. The molecule has 0 unspecified atom stereocenters. The summed E-state index contributed by atoms with van der Waals surface area (Å²) in [5.74, 6) is 0.0480. The first-order chi connectivity index (χ1) is 12.1. The highest BCUT2D eigenvalue weighted by molar-refractivity contribution is 5.78. The molecule has 25 heavy (non-hydrogen) atoms. The molecule has 4 heteroatoms. The molecule has 1 saturated heterocycles. The number of hydrogen-bond donors (Lipinski definition) is 1. The Hall–Kier alpha value is -2.20. The molecule has 2 aromatic rings. The molecule has 0 spiro atoms. The average molecular weight is 340 g/mol. The maximum Gasteiger partial charge on any atom is 0.223 e. The fraction of sp³-hybridized carbons (Fsp3) is 0.381. The van der Waals surface area contributed by atoms with Crippen LogP contribution < -0.4 is 5.32 Å². The zero-order valence-corrected chi connectivity index (χ0v) is 14.7. The van der Waals surface area contributed by atoms with E-state index in [1.54, 1.807) is 12.1 Å². The normalized spacial score (nSPS) is 17.3. The molecule has 3 rings (SSSR count). The van der Waals surface area contributed by atoms with Gasteiger partial charge in [-0.1, -0.05) is 36.4 Å². The van der Waals surface area contributed by atoms with Crippen LogP contribution in [0.2, 0.25) is 0 Å². The molecule has 132 valence electrons. The van der Waals surface area contributed by atoms with Gasteiger partial charge in [0.05, 0.1) is 0 Å². The van der Waals surface area contributed by atoms with E-state index in [0.717, 1.165) is 31.5 Å². The number of carbonyl (C=O) groups is 1. The van der Waals surface area contributed by atoms with Crippen LogP contribution in [0.1, 0.15) is 36.0 Å². The zero-order valence-electron chi connectivity index (χ0n) is 14.7. The fourth-order valence-electron chi connectivity index (χ4n) is 3.39. The first-order valence-electron chi connectivity index (χ1n) is 8.92. The van der Waals surface area contributed by atoms with Crippen molar-refractivity contribution in [1.29, 1.82) is 0 Å². The van der Waals surface area contributed by atoms with Gasteiger partial charge in [-0.05, 0) is 55.1 Å². The van der Waals surface area contributed by atoms with Crippen molar-refractivity contribution in [3.63, 3.8) is 0 Å². The SMILES string of the molecule is Cc1ccccc1CN1C(=O)CC[C@@H]1CCNCc1ccc(F)cc1. The van der Waals surface area contributed by atoms with E-state index in [-0.39, 0.29) is 11.7 Å². The smallest absolute Gasteiger partial charge is 0.223 e. The lowest BCUT2D eigenvalue weighted by Crippen LogP contribution is -2.34. The lowest BCUT2D eigenvalue weighted by Gasteiger charge is -2.26. The predicted octanol–water partition coefficient (Wildman–Crippen LogP) is 3.81. The van der Waals surface area contributed by atoms with E-state index in [4.69, 9.17) is 0 Å². The molecule has 1 aliphatic heterocycles. The van der Waals surface area contributed by atoms with E-state index in [0.29, 0.717) is 19.0 Å². The minimum Gasteiger partial charge on any atom is -0.335 e. The van der Waals surface area contributed by atoms with Gasteiger partial charge in [0.1, 0.15) is 5.82 Å². The third-order valence-electron chi connectivity index (χ3n) is 4.95. The maximum absolute atomic E-state index is 12.9. The van der Waals surface area contributed by atoms with Gasteiger partial charge in [-0.2, -0.15) is 0 Å². The number of hydrogen-bond acceptors (Lipinski definition) is 2. The highest BCUT2D eigenvalue weighted by Gasteiger charge is 2.30. The van der Waals surface area contributed by atoms with Gasteiger partial charge in [0.2, 0.25) is 5.91 Å². The summed E-state index contributed by atoms with van der Waals surface area (Å²) in [5, 5.41) is 3.40. The Morgan fingerprint density at radius 3 is 2.68 bits per heavy atom. The number of aryl methyl sites for hydroxylation is 1. The summed E-state index contributed by atoms with van der Waals surface area (Å²) >= 11 is 0. The van der Waals surface area contributed by atoms with Crippen molar-refractivity contribution in [2.24, 2.45) is 0 Å². The van der Waals surface area contributed by atoms with Gasteiger partial charge in [-0.3, -0.25) is 4.79 Å². The quantitative estimate of drug-likeness (QED) is 0.778. The maximum atomic E-state index is 12.9. The van der Waals surface area contributed by atoms with Gasteiger partial charge in [-0.25, -0.2) is 4.39 Å². The van der Waals surface area contributed by atoms with Gasteiger partial charge in [0.25, 0.3) is 0 Å². The lowest BCUT2D eigenvalue weighted by atomic mass is 10.1. The van der Waals surface area contributed by atoms with Crippen LogP contribution >= 0.6 is 0 Å².